The molecule has 0 aliphatic heterocycles. The number of carbonyl (C=O) groups is 1. The van der Waals surface area contributed by atoms with Crippen LogP contribution in [0.1, 0.15) is 27.3 Å². The van der Waals surface area contributed by atoms with Crippen molar-refractivity contribution in [3.8, 4) is 5.75 Å². The first-order chi connectivity index (χ1) is 14.9. The number of rotatable bonds is 4. The second kappa shape index (κ2) is 8.65. The maximum absolute atomic E-state index is 12.8. The van der Waals surface area contributed by atoms with Gasteiger partial charge in [-0.15, -0.1) is 0 Å². The summed E-state index contributed by atoms with van der Waals surface area (Å²) in [5, 5.41) is 4.80. The van der Waals surface area contributed by atoms with Gasteiger partial charge in [0.25, 0.3) is 5.56 Å². The maximum atomic E-state index is 12.8. The largest absolute Gasteiger partial charge is 0.422 e. The molecule has 0 atom stereocenters. The van der Waals surface area contributed by atoms with Crippen molar-refractivity contribution in [2.75, 3.05) is 0 Å². The summed E-state index contributed by atoms with van der Waals surface area (Å²) < 4.78 is 7.60. The van der Waals surface area contributed by atoms with E-state index < -0.39 is 5.97 Å². The third-order valence-corrected chi connectivity index (χ3v) is 5.18. The molecule has 1 heterocycles. The van der Waals surface area contributed by atoms with E-state index >= 15 is 0 Å². The van der Waals surface area contributed by atoms with Crippen molar-refractivity contribution in [2.45, 2.75) is 13.8 Å². The molecule has 7 heteroatoms. The Bertz CT molecular complexity index is 1380. The number of fused-ring (bicyclic) bond motifs is 1. The van der Waals surface area contributed by atoms with Crippen molar-refractivity contribution in [1.29, 1.82) is 0 Å². The highest BCUT2D eigenvalue weighted by Gasteiger charge is 2.12. The molecule has 0 aliphatic rings. The quantitative estimate of drug-likeness (QED) is 0.239. The monoisotopic (exact) mass is 475 g/mol. The SMILES string of the molecule is Cc1ccc(C(=O)Oc2ccc(Br)cc2C=Nn2c(C)nc3ccccc3c2=O)cc1. The predicted molar refractivity (Wildman–Crippen MR) is 124 cm³/mol. The van der Waals surface area contributed by atoms with Gasteiger partial charge in [-0.2, -0.15) is 9.78 Å². The lowest BCUT2D eigenvalue weighted by atomic mass is 10.1. The van der Waals surface area contributed by atoms with E-state index in [0.717, 1.165) is 10.0 Å². The third kappa shape index (κ3) is 4.46. The number of benzene rings is 3. The second-order valence-electron chi connectivity index (χ2n) is 6.98. The highest BCUT2D eigenvalue weighted by Crippen LogP contribution is 2.23. The molecule has 0 saturated heterocycles. The van der Waals surface area contributed by atoms with Crippen LogP contribution in [-0.4, -0.2) is 21.8 Å². The number of aromatic nitrogens is 2. The lowest BCUT2D eigenvalue weighted by Crippen LogP contribution is -2.20. The molecular weight excluding hydrogens is 458 g/mol. The van der Waals surface area contributed by atoms with Crippen molar-refractivity contribution in [3.63, 3.8) is 0 Å². The van der Waals surface area contributed by atoms with Crippen molar-refractivity contribution in [3.05, 3.63) is 104 Å². The van der Waals surface area contributed by atoms with Crippen molar-refractivity contribution < 1.29 is 9.53 Å². The van der Waals surface area contributed by atoms with Gasteiger partial charge in [-0.3, -0.25) is 4.79 Å². The van der Waals surface area contributed by atoms with Gasteiger partial charge < -0.3 is 4.74 Å². The molecule has 154 valence electrons. The Hall–Kier alpha value is -3.58. The molecule has 1 aromatic heterocycles. The summed E-state index contributed by atoms with van der Waals surface area (Å²) >= 11 is 3.42. The van der Waals surface area contributed by atoms with Gasteiger partial charge in [0.05, 0.1) is 22.7 Å². The Morgan fingerprint density at radius 3 is 2.58 bits per heavy atom. The fraction of sp³-hybridized carbons (Fsp3) is 0.0833. The average molecular weight is 476 g/mol. The van der Waals surface area contributed by atoms with Crippen LogP contribution < -0.4 is 10.3 Å². The average Bonchev–Trinajstić information content (AvgIpc) is 2.75. The number of carbonyl (C=O) groups excluding carboxylic acids is 1. The molecule has 0 unspecified atom stereocenters. The number of esters is 1. The Labute approximate surface area is 187 Å². The van der Waals surface area contributed by atoms with Gasteiger partial charge in [0, 0.05) is 10.0 Å². The number of aryl methyl sites for hydroxylation is 2. The Balaban J connectivity index is 1.69. The summed E-state index contributed by atoms with van der Waals surface area (Å²) in [6.45, 7) is 3.66. The fourth-order valence-corrected chi connectivity index (χ4v) is 3.43. The molecule has 4 rings (SSSR count). The standard InChI is InChI=1S/C24H18BrN3O3/c1-15-7-9-17(10-8-15)24(30)31-22-12-11-19(25)13-18(22)14-26-28-16(2)27-21-6-4-3-5-20(21)23(28)29/h3-14H,1-2H3. The first-order valence-corrected chi connectivity index (χ1v) is 10.3. The maximum Gasteiger partial charge on any atom is 0.343 e. The van der Waals surface area contributed by atoms with Crippen LogP contribution in [0.5, 0.6) is 5.75 Å². The molecule has 0 saturated carbocycles. The van der Waals surface area contributed by atoms with Crippen LogP contribution in [0.25, 0.3) is 10.9 Å². The molecule has 0 N–H and O–H groups in total. The summed E-state index contributed by atoms with van der Waals surface area (Å²) in [5.74, 6) is 0.308. The Kier molecular flexibility index (Phi) is 5.77. The van der Waals surface area contributed by atoms with Crippen LogP contribution in [0.15, 0.2) is 81.1 Å². The molecule has 0 radical (unpaired) electrons. The molecular formula is C24H18BrN3O3. The zero-order chi connectivity index (χ0) is 22.0. The van der Waals surface area contributed by atoms with Gasteiger partial charge in [-0.05, 0) is 56.3 Å². The number of nitrogens with zero attached hydrogens (tertiary/aromatic N) is 3. The Morgan fingerprint density at radius 1 is 1.06 bits per heavy atom. The minimum atomic E-state index is -0.474. The van der Waals surface area contributed by atoms with Crippen LogP contribution in [0.4, 0.5) is 0 Å². The second-order valence-corrected chi connectivity index (χ2v) is 7.89. The van der Waals surface area contributed by atoms with Gasteiger partial charge in [0.2, 0.25) is 0 Å². The van der Waals surface area contributed by atoms with Gasteiger partial charge in [-0.25, -0.2) is 9.78 Å². The minimum Gasteiger partial charge on any atom is -0.422 e. The van der Waals surface area contributed by atoms with E-state index in [4.69, 9.17) is 4.74 Å². The summed E-state index contributed by atoms with van der Waals surface area (Å²) in [4.78, 5) is 29.8. The number of halogens is 1. The molecule has 6 nitrogen and oxygen atoms in total. The van der Waals surface area contributed by atoms with Crippen LogP contribution in [0.3, 0.4) is 0 Å². The first kappa shape index (κ1) is 20.7. The number of para-hydroxylation sites is 1. The van der Waals surface area contributed by atoms with Gasteiger partial charge >= 0.3 is 5.97 Å². The topological polar surface area (TPSA) is 73.5 Å². The molecule has 3 aromatic carbocycles. The third-order valence-electron chi connectivity index (χ3n) is 4.69. The van der Waals surface area contributed by atoms with E-state index in [1.807, 2.05) is 25.1 Å². The molecule has 0 amide bonds. The van der Waals surface area contributed by atoms with E-state index in [2.05, 4.69) is 26.0 Å². The smallest absolute Gasteiger partial charge is 0.343 e. The summed E-state index contributed by atoms with van der Waals surface area (Å²) in [7, 11) is 0. The molecule has 0 aliphatic carbocycles. The van der Waals surface area contributed by atoms with Crippen LogP contribution in [-0.2, 0) is 0 Å². The molecule has 0 bridgehead atoms. The minimum absolute atomic E-state index is 0.271. The van der Waals surface area contributed by atoms with Crippen molar-refractivity contribution >= 4 is 39.0 Å². The zero-order valence-corrected chi connectivity index (χ0v) is 18.5. The van der Waals surface area contributed by atoms with Crippen LogP contribution in [0, 0.1) is 13.8 Å². The first-order valence-electron chi connectivity index (χ1n) is 9.53. The summed E-state index contributed by atoms with van der Waals surface area (Å²) in [6.07, 6.45) is 1.48. The lowest BCUT2D eigenvalue weighted by molar-refractivity contribution is 0.0734. The molecule has 4 aromatic rings. The Morgan fingerprint density at radius 2 is 1.81 bits per heavy atom. The number of hydrogen-bond donors (Lipinski definition) is 0. The van der Waals surface area contributed by atoms with E-state index in [0.29, 0.717) is 33.6 Å². The molecule has 31 heavy (non-hydrogen) atoms. The van der Waals surface area contributed by atoms with Crippen LogP contribution in [0.2, 0.25) is 0 Å². The summed E-state index contributed by atoms with van der Waals surface area (Å²) in [6, 6.07) is 19.4. The normalized spacial score (nSPS) is 11.2. The van der Waals surface area contributed by atoms with Crippen LogP contribution >= 0.6 is 15.9 Å². The lowest BCUT2D eigenvalue weighted by Gasteiger charge is -2.09. The number of ether oxygens (including phenoxy) is 1. The van der Waals surface area contributed by atoms with Gasteiger partial charge in [-0.1, -0.05) is 45.8 Å². The van der Waals surface area contributed by atoms with E-state index in [1.54, 1.807) is 55.5 Å². The fourth-order valence-electron chi connectivity index (χ4n) is 3.05. The molecule has 0 spiro atoms. The van der Waals surface area contributed by atoms with Crippen molar-refractivity contribution in [1.82, 2.24) is 9.66 Å². The highest BCUT2D eigenvalue weighted by molar-refractivity contribution is 9.10. The van der Waals surface area contributed by atoms with E-state index in [1.165, 1.54) is 10.9 Å². The predicted octanol–water partition coefficient (Wildman–Crippen LogP) is 4.88. The van der Waals surface area contributed by atoms with E-state index in [9.17, 15) is 9.59 Å². The van der Waals surface area contributed by atoms with Crippen molar-refractivity contribution in [2.24, 2.45) is 5.10 Å². The van der Waals surface area contributed by atoms with Gasteiger partial charge in [0.15, 0.2) is 0 Å². The van der Waals surface area contributed by atoms with Gasteiger partial charge in [0.1, 0.15) is 11.6 Å². The zero-order valence-electron chi connectivity index (χ0n) is 16.9. The molecule has 0 fully saturated rings. The summed E-state index contributed by atoms with van der Waals surface area (Å²) in [5.41, 5.74) is 2.38. The highest BCUT2D eigenvalue weighted by atomic mass is 79.9. The van der Waals surface area contributed by atoms with E-state index in [-0.39, 0.29) is 5.56 Å². The number of hydrogen-bond acceptors (Lipinski definition) is 5.